The van der Waals surface area contributed by atoms with Crippen molar-refractivity contribution in [1.29, 1.82) is 0 Å². The van der Waals surface area contributed by atoms with Crippen LogP contribution in [-0.4, -0.2) is 42.9 Å². The summed E-state index contributed by atoms with van der Waals surface area (Å²) in [6.07, 6.45) is 1.65. The van der Waals surface area contributed by atoms with E-state index < -0.39 is 23.9 Å². The van der Waals surface area contributed by atoms with Crippen molar-refractivity contribution in [3.8, 4) is 0 Å². The molecule has 0 fully saturated rings. The summed E-state index contributed by atoms with van der Waals surface area (Å²) in [5, 5.41) is 5.26. The number of para-hydroxylation sites is 5. The highest BCUT2D eigenvalue weighted by molar-refractivity contribution is 6.25. The molecule has 1 atom stereocenters. The van der Waals surface area contributed by atoms with Gasteiger partial charge in [-0.3, -0.25) is 24.2 Å². The van der Waals surface area contributed by atoms with Gasteiger partial charge in [0.15, 0.2) is 6.04 Å². The lowest BCUT2D eigenvalue weighted by atomic mass is 10.2. The second kappa shape index (κ2) is 13.5. The first-order chi connectivity index (χ1) is 21.0. The molecule has 218 valence electrons. The first kappa shape index (κ1) is 29.1. The topological polar surface area (TPSA) is 102 Å². The predicted molar refractivity (Wildman–Crippen MR) is 168 cm³/mol. The number of rotatable bonds is 9. The molecule has 0 saturated carbocycles. The number of carbonyl (C=O) groups is 4. The van der Waals surface area contributed by atoms with Crippen LogP contribution >= 0.6 is 0 Å². The summed E-state index contributed by atoms with van der Waals surface area (Å²) in [6.45, 7) is 2.19. The van der Waals surface area contributed by atoms with Gasteiger partial charge in [-0.15, -0.1) is 0 Å². The average molecular weight is 576 g/mol. The second-order valence-corrected chi connectivity index (χ2v) is 10.1. The lowest BCUT2D eigenvalue weighted by molar-refractivity contribution is -0.129. The third kappa shape index (κ3) is 6.56. The Morgan fingerprint density at radius 1 is 0.744 bits per heavy atom. The molecule has 4 aromatic rings. The zero-order valence-corrected chi connectivity index (χ0v) is 23.9. The molecule has 43 heavy (non-hydrogen) atoms. The van der Waals surface area contributed by atoms with E-state index in [1.54, 1.807) is 77.7 Å². The summed E-state index contributed by atoms with van der Waals surface area (Å²) < 4.78 is 0. The van der Waals surface area contributed by atoms with Crippen LogP contribution in [0.15, 0.2) is 115 Å². The van der Waals surface area contributed by atoms with Crippen molar-refractivity contribution in [3.63, 3.8) is 0 Å². The van der Waals surface area contributed by atoms with E-state index in [4.69, 9.17) is 0 Å². The van der Waals surface area contributed by atoms with Gasteiger partial charge < -0.3 is 15.5 Å². The van der Waals surface area contributed by atoms with E-state index in [1.165, 1.54) is 9.80 Å². The summed E-state index contributed by atoms with van der Waals surface area (Å²) in [5.74, 6) is -1.67. The fraction of sp³-hybridized carbons (Fsp3) is 0.176. The molecule has 0 saturated heterocycles. The molecule has 5 amide bonds. The van der Waals surface area contributed by atoms with Crippen molar-refractivity contribution in [2.24, 2.45) is 0 Å². The van der Waals surface area contributed by atoms with E-state index in [0.29, 0.717) is 29.3 Å². The highest BCUT2D eigenvalue weighted by atomic mass is 16.2. The molecular weight excluding hydrogens is 542 g/mol. The number of hydrogen-bond donors (Lipinski definition) is 2. The van der Waals surface area contributed by atoms with E-state index in [-0.39, 0.29) is 12.5 Å². The minimum Gasteiger partial charge on any atom is -0.318 e. The summed E-state index contributed by atoms with van der Waals surface area (Å²) in [4.78, 5) is 59.8. The zero-order chi connectivity index (χ0) is 30.2. The SMILES string of the molecule is CCCCN(C(=O)CN1C(=O)C(NC(=O)Nc2ccccc2)C(=O)N(c2ccccc2)c2ccccc21)c1ccccc1. The Hall–Kier alpha value is -5.44. The number of nitrogens with one attached hydrogen (secondary N) is 2. The lowest BCUT2D eigenvalue weighted by Crippen LogP contribution is -2.57. The molecule has 0 aromatic heterocycles. The normalized spacial score (nSPS) is 14.5. The van der Waals surface area contributed by atoms with Crippen molar-refractivity contribution in [2.75, 3.05) is 33.1 Å². The van der Waals surface area contributed by atoms with Crippen LogP contribution in [0.3, 0.4) is 0 Å². The number of urea groups is 1. The van der Waals surface area contributed by atoms with Crippen LogP contribution in [-0.2, 0) is 14.4 Å². The Labute approximate surface area is 250 Å². The molecule has 0 radical (unpaired) electrons. The van der Waals surface area contributed by atoms with E-state index in [1.807, 2.05) is 49.4 Å². The van der Waals surface area contributed by atoms with E-state index >= 15 is 0 Å². The van der Waals surface area contributed by atoms with Crippen LogP contribution in [0.5, 0.6) is 0 Å². The molecule has 1 unspecified atom stereocenters. The van der Waals surface area contributed by atoms with Gasteiger partial charge in [0.1, 0.15) is 6.54 Å². The van der Waals surface area contributed by atoms with Crippen molar-refractivity contribution in [3.05, 3.63) is 115 Å². The first-order valence-corrected chi connectivity index (χ1v) is 14.3. The predicted octanol–water partition coefficient (Wildman–Crippen LogP) is 5.72. The molecule has 0 aliphatic carbocycles. The number of nitrogens with zero attached hydrogens (tertiary/aromatic N) is 3. The summed E-state index contributed by atoms with van der Waals surface area (Å²) in [7, 11) is 0. The lowest BCUT2D eigenvalue weighted by Gasteiger charge is -2.29. The fourth-order valence-corrected chi connectivity index (χ4v) is 5.00. The third-order valence-electron chi connectivity index (χ3n) is 7.11. The number of anilines is 5. The molecule has 9 nitrogen and oxygen atoms in total. The van der Waals surface area contributed by atoms with Crippen molar-refractivity contribution >= 4 is 52.2 Å². The number of benzene rings is 4. The van der Waals surface area contributed by atoms with Crippen molar-refractivity contribution in [1.82, 2.24) is 5.32 Å². The molecule has 0 bridgehead atoms. The largest absolute Gasteiger partial charge is 0.320 e. The van der Waals surface area contributed by atoms with E-state index in [0.717, 1.165) is 18.5 Å². The molecule has 4 aromatic carbocycles. The van der Waals surface area contributed by atoms with Gasteiger partial charge in [0.2, 0.25) is 5.91 Å². The Bertz CT molecular complexity index is 1580. The van der Waals surface area contributed by atoms with Crippen LogP contribution in [0.4, 0.5) is 33.2 Å². The maximum absolute atomic E-state index is 14.3. The first-order valence-electron chi connectivity index (χ1n) is 14.3. The fourth-order valence-electron chi connectivity index (χ4n) is 5.00. The average Bonchev–Trinajstić information content (AvgIpc) is 3.11. The van der Waals surface area contributed by atoms with E-state index in [9.17, 15) is 19.2 Å². The molecule has 0 spiro atoms. The molecule has 1 aliphatic heterocycles. The summed E-state index contributed by atoms with van der Waals surface area (Å²) >= 11 is 0. The van der Waals surface area contributed by atoms with Gasteiger partial charge in [-0.1, -0.05) is 80.1 Å². The quantitative estimate of drug-likeness (QED) is 0.249. The Morgan fingerprint density at radius 3 is 1.98 bits per heavy atom. The van der Waals surface area contributed by atoms with Gasteiger partial charge >= 0.3 is 6.03 Å². The van der Waals surface area contributed by atoms with Gasteiger partial charge in [0.25, 0.3) is 11.8 Å². The number of unbranched alkanes of at least 4 members (excludes halogenated alkanes) is 1. The molecule has 5 rings (SSSR count). The number of amides is 5. The molecule has 1 heterocycles. The Morgan fingerprint density at radius 2 is 1.33 bits per heavy atom. The molecular formula is C34H33N5O4. The molecule has 2 N–H and O–H groups in total. The number of fused-ring (bicyclic) bond motifs is 1. The van der Waals surface area contributed by atoms with Gasteiger partial charge in [-0.25, -0.2) is 4.79 Å². The summed E-state index contributed by atoms with van der Waals surface area (Å²) in [5.41, 5.74) is 2.54. The monoisotopic (exact) mass is 575 g/mol. The zero-order valence-electron chi connectivity index (χ0n) is 23.9. The van der Waals surface area contributed by atoms with Gasteiger partial charge in [-0.05, 0) is 55.0 Å². The molecule has 9 heteroatoms. The maximum atomic E-state index is 14.3. The van der Waals surface area contributed by atoms with Crippen molar-refractivity contribution < 1.29 is 19.2 Å². The second-order valence-electron chi connectivity index (χ2n) is 10.1. The Balaban J connectivity index is 1.54. The van der Waals surface area contributed by atoms with Crippen molar-refractivity contribution in [2.45, 2.75) is 25.8 Å². The molecule has 1 aliphatic rings. The minimum atomic E-state index is -1.61. The highest BCUT2D eigenvalue weighted by Crippen LogP contribution is 2.38. The van der Waals surface area contributed by atoms with Gasteiger partial charge in [0.05, 0.1) is 11.4 Å². The van der Waals surface area contributed by atoms with E-state index in [2.05, 4.69) is 10.6 Å². The van der Waals surface area contributed by atoms with Crippen LogP contribution < -0.4 is 25.3 Å². The van der Waals surface area contributed by atoms with Gasteiger partial charge in [-0.2, -0.15) is 0 Å². The van der Waals surface area contributed by atoms with Gasteiger partial charge in [0, 0.05) is 23.6 Å². The Kier molecular flexibility index (Phi) is 9.11. The van der Waals surface area contributed by atoms with Crippen LogP contribution in [0, 0.1) is 0 Å². The van der Waals surface area contributed by atoms with Crippen LogP contribution in [0.25, 0.3) is 0 Å². The maximum Gasteiger partial charge on any atom is 0.320 e. The van der Waals surface area contributed by atoms with Crippen LogP contribution in [0.1, 0.15) is 19.8 Å². The standard InChI is InChI=1S/C34H33N5O4/c1-2-3-23-37(26-17-9-5-10-18-26)30(40)24-38-28-21-13-14-22-29(28)39(27-19-11-6-12-20-27)33(42)31(32(38)41)36-34(43)35-25-15-7-4-8-16-25/h4-22,31H,2-3,23-24H2,1H3,(H2,35,36,43). The number of carbonyl (C=O) groups excluding carboxylic acids is 4. The highest BCUT2D eigenvalue weighted by Gasteiger charge is 2.42. The minimum absolute atomic E-state index is 0.309. The third-order valence-corrected chi connectivity index (χ3v) is 7.11. The number of hydrogen-bond acceptors (Lipinski definition) is 4. The summed E-state index contributed by atoms with van der Waals surface area (Å²) in [6, 6.07) is 31.5. The van der Waals surface area contributed by atoms with Crippen LogP contribution in [0.2, 0.25) is 0 Å². The smallest absolute Gasteiger partial charge is 0.318 e.